The number of aryl methyl sites for hydroxylation is 2. The van der Waals surface area contributed by atoms with Crippen LogP contribution < -0.4 is 0 Å². The van der Waals surface area contributed by atoms with Gasteiger partial charge in [-0.05, 0) is 62.4 Å². The molecule has 0 unspecified atom stereocenters. The Morgan fingerprint density at radius 1 is 0.471 bits per heavy atom. The molecule has 0 heterocycles. The number of rotatable bonds is 7. The molecule has 34 heavy (non-hydrogen) atoms. The molecule has 4 aromatic carbocycles. The van der Waals surface area contributed by atoms with Crippen LogP contribution in [0.2, 0.25) is 0 Å². The molecule has 4 nitrogen and oxygen atoms in total. The zero-order valence-corrected chi connectivity index (χ0v) is 21.8. The van der Waals surface area contributed by atoms with Crippen molar-refractivity contribution in [2.45, 2.75) is 43.2 Å². The zero-order valence-electron chi connectivity index (χ0n) is 18.5. The molecular formula is C26H22O4S4. The predicted molar refractivity (Wildman–Crippen MR) is 138 cm³/mol. The van der Waals surface area contributed by atoms with Crippen LogP contribution in [0, 0.1) is 13.8 Å². The zero-order chi connectivity index (χ0) is 24.3. The third-order valence-corrected chi connectivity index (χ3v) is 11.6. The Bertz CT molecular complexity index is 1410. The second-order valence-electron chi connectivity index (χ2n) is 7.69. The summed E-state index contributed by atoms with van der Waals surface area (Å²) in [5, 5.41) is 0. The van der Waals surface area contributed by atoms with Crippen molar-refractivity contribution >= 4 is 41.3 Å². The average molecular weight is 527 g/mol. The highest BCUT2D eigenvalue weighted by molar-refractivity contribution is 8.76. The molecule has 0 aliphatic heterocycles. The lowest BCUT2D eigenvalue weighted by molar-refractivity contribution is 0.592. The first-order valence-electron chi connectivity index (χ1n) is 10.4. The maximum absolute atomic E-state index is 13.3. The summed E-state index contributed by atoms with van der Waals surface area (Å²) >= 11 is 0. The normalized spacial score (nSPS) is 11.9. The number of sulfone groups is 2. The van der Waals surface area contributed by atoms with E-state index in [4.69, 9.17) is 0 Å². The summed E-state index contributed by atoms with van der Waals surface area (Å²) in [7, 11) is -5.01. The summed E-state index contributed by atoms with van der Waals surface area (Å²) in [6.07, 6.45) is 0. The minimum absolute atomic E-state index is 0.190. The van der Waals surface area contributed by atoms with E-state index in [-0.39, 0.29) is 19.6 Å². The quantitative estimate of drug-likeness (QED) is 0.248. The summed E-state index contributed by atoms with van der Waals surface area (Å²) in [6, 6.07) is 27.0. The second-order valence-corrected chi connectivity index (χ2v) is 13.7. The summed E-state index contributed by atoms with van der Waals surface area (Å²) in [6.45, 7) is 3.80. The smallest absolute Gasteiger partial charge is 0.207 e. The van der Waals surface area contributed by atoms with E-state index in [1.165, 1.54) is 21.6 Å². The Morgan fingerprint density at radius 3 is 1.15 bits per heavy atom. The van der Waals surface area contributed by atoms with Crippen LogP contribution in [-0.4, -0.2) is 16.8 Å². The van der Waals surface area contributed by atoms with Gasteiger partial charge >= 0.3 is 0 Å². The summed E-state index contributed by atoms with van der Waals surface area (Å²) in [4.78, 5) is 1.90. The highest BCUT2D eigenvalue weighted by Crippen LogP contribution is 2.44. The van der Waals surface area contributed by atoms with E-state index < -0.39 is 19.7 Å². The lowest BCUT2D eigenvalue weighted by Gasteiger charge is -2.12. The van der Waals surface area contributed by atoms with Gasteiger partial charge in [0.25, 0.3) is 0 Å². The highest BCUT2D eigenvalue weighted by Gasteiger charge is 2.24. The van der Waals surface area contributed by atoms with Crippen molar-refractivity contribution in [3.8, 4) is 0 Å². The predicted octanol–water partition coefficient (Wildman–Crippen LogP) is 6.77. The molecular weight excluding hydrogens is 505 g/mol. The van der Waals surface area contributed by atoms with Crippen LogP contribution in [0.3, 0.4) is 0 Å². The fourth-order valence-electron chi connectivity index (χ4n) is 3.26. The first kappa shape index (κ1) is 24.6. The summed E-state index contributed by atoms with van der Waals surface area (Å²) in [5.41, 5.74) is 1.95. The van der Waals surface area contributed by atoms with Crippen molar-refractivity contribution in [2.24, 2.45) is 0 Å². The van der Waals surface area contributed by atoms with E-state index in [0.717, 1.165) is 11.1 Å². The van der Waals surface area contributed by atoms with E-state index in [1.54, 1.807) is 97.1 Å². The van der Waals surface area contributed by atoms with Gasteiger partial charge in [-0.25, -0.2) is 16.8 Å². The molecule has 0 aliphatic rings. The largest absolute Gasteiger partial charge is 0.218 e. The van der Waals surface area contributed by atoms with E-state index in [2.05, 4.69) is 0 Å². The first-order chi connectivity index (χ1) is 16.2. The monoisotopic (exact) mass is 526 g/mol. The van der Waals surface area contributed by atoms with Crippen LogP contribution in [0.1, 0.15) is 11.1 Å². The molecule has 0 amide bonds. The van der Waals surface area contributed by atoms with Crippen LogP contribution in [0.25, 0.3) is 0 Å². The molecule has 174 valence electrons. The number of hydrogen-bond acceptors (Lipinski definition) is 6. The van der Waals surface area contributed by atoms with E-state index in [9.17, 15) is 16.8 Å². The molecule has 0 N–H and O–H groups in total. The maximum Gasteiger partial charge on any atom is 0.207 e. The van der Waals surface area contributed by atoms with Gasteiger partial charge in [0.05, 0.1) is 19.6 Å². The highest BCUT2D eigenvalue weighted by atomic mass is 33.1. The van der Waals surface area contributed by atoms with Crippen molar-refractivity contribution in [1.82, 2.24) is 0 Å². The first-order valence-corrected chi connectivity index (χ1v) is 15.5. The summed E-state index contributed by atoms with van der Waals surface area (Å²) < 4.78 is 53.2. The molecule has 0 aromatic heterocycles. The molecule has 0 bridgehead atoms. The van der Waals surface area contributed by atoms with Crippen LogP contribution in [0.4, 0.5) is 0 Å². The molecule has 0 aliphatic carbocycles. The van der Waals surface area contributed by atoms with Gasteiger partial charge < -0.3 is 0 Å². The van der Waals surface area contributed by atoms with Crippen molar-refractivity contribution in [3.05, 3.63) is 108 Å². The third kappa shape index (κ3) is 5.10. The van der Waals surface area contributed by atoms with Crippen LogP contribution in [-0.2, 0) is 19.7 Å². The minimum atomic E-state index is -3.73. The molecule has 4 aromatic rings. The Hall–Kier alpha value is -2.52. The molecule has 8 heteroatoms. The van der Waals surface area contributed by atoms with Gasteiger partial charge in [-0.2, -0.15) is 0 Å². The lowest BCUT2D eigenvalue weighted by Crippen LogP contribution is -2.04. The second kappa shape index (κ2) is 10.00. The minimum Gasteiger partial charge on any atom is -0.218 e. The van der Waals surface area contributed by atoms with Crippen molar-refractivity contribution in [3.63, 3.8) is 0 Å². The number of hydrogen-bond donors (Lipinski definition) is 0. The molecule has 0 saturated carbocycles. The fourth-order valence-corrected chi connectivity index (χ4v) is 9.32. The summed E-state index contributed by atoms with van der Waals surface area (Å²) in [5.74, 6) is 0. The topological polar surface area (TPSA) is 68.3 Å². The number of benzene rings is 4. The Labute approximate surface area is 208 Å². The van der Waals surface area contributed by atoms with Crippen LogP contribution in [0.5, 0.6) is 0 Å². The molecule has 0 radical (unpaired) electrons. The van der Waals surface area contributed by atoms with Gasteiger partial charge in [0, 0.05) is 9.79 Å². The van der Waals surface area contributed by atoms with Crippen molar-refractivity contribution in [1.29, 1.82) is 0 Å². The maximum atomic E-state index is 13.3. The Morgan fingerprint density at radius 2 is 0.794 bits per heavy atom. The molecule has 0 fully saturated rings. The van der Waals surface area contributed by atoms with E-state index >= 15 is 0 Å². The Kier molecular flexibility index (Phi) is 7.23. The van der Waals surface area contributed by atoms with Gasteiger partial charge in [-0.1, -0.05) is 81.2 Å². The fraction of sp³-hybridized carbons (Fsp3) is 0.0769. The van der Waals surface area contributed by atoms with E-state index in [1.807, 2.05) is 13.8 Å². The molecule has 0 spiro atoms. The average Bonchev–Trinajstić information content (AvgIpc) is 2.83. The SMILES string of the molecule is Cc1ccc(S(=O)(=O)c2ccccc2SSc2ccccc2S(=O)(=O)c2ccc(C)cc2)cc1. The van der Waals surface area contributed by atoms with Gasteiger partial charge in [-0.3, -0.25) is 0 Å². The Balaban J connectivity index is 1.67. The van der Waals surface area contributed by atoms with Gasteiger partial charge in [0.1, 0.15) is 0 Å². The molecule has 4 rings (SSSR count). The van der Waals surface area contributed by atoms with E-state index in [0.29, 0.717) is 9.79 Å². The van der Waals surface area contributed by atoms with Crippen LogP contribution in [0.15, 0.2) is 126 Å². The molecule has 0 saturated heterocycles. The van der Waals surface area contributed by atoms with Gasteiger partial charge in [0.15, 0.2) is 0 Å². The molecule has 0 atom stereocenters. The van der Waals surface area contributed by atoms with Gasteiger partial charge in [0.2, 0.25) is 19.7 Å². The lowest BCUT2D eigenvalue weighted by atomic mass is 10.2. The van der Waals surface area contributed by atoms with Crippen molar-refractivity contribution < 1.29 is 16.8 Å². The van der Waals surface area contributed by atoms with Crippen LogP contribution >= 0.6 is 21.6 Å². The third-order valence-electron chi connectivity index (χ3n) is 5.16. The van der Waals surface area contributed by atoms with Crippen molar-refractivity contribution in [2.75, 3.05) is 0 Å². The van der Waals surface area contributed by atoms with Gasteiger partial charge in [-0.15, -0.1) is 0 Å². The standard InChI is InChI=1S/C26H22O4S4/c1-19-11-15-21(16-12-19)33(27,28)25-9-5-3-7-23(25)31-32-24-8-4-6-10-26(24)34(29,30)22-17-13-20(2)14-18-22/h3-18H,1-2H3.